The Morgan fingerprint density at radius 2 is 2.00 bits per heavy atom. The highest BCUT2D eigenvalue weighted by molar-refractivity contribution is 5.85. The van der Waals surface area contributed by atoms with Crippen molar-refractivity contribution in [3.05, 3.63) is 29.8 Å². The molecule has 1 atom stereocenters. The first-order valence-corrected chi connectivity index (χ1v) is 9.56. The number of carbonyl (C=O) groups is 1. The van der Waals surface area contributed by atoms with Crippen molar-refractivity contribution in [3.63, 3.8) is 0 Å². The zero-order chi connectivity index (χ0) is 18.6. The molecule has 0 aliphatic heterocycles. The first-order valence-electron chi connectivity index (χ1n) is 9.56. The van der Waals surface area contributed by atoms with Crippen LogP contribution in [0.3, 0.4) is 0 Å². The standard InChI is InChI=1S/C20H32N2O4.ClH/c1-16(23)22-11-10-21-13-19(24)15-26-20-7-5-17(6-8-20)9-12-25-14-18-3-2-4-18;/h5-8,18-19,21,24H,2-4,9-15H2,1H3,(H,22,23);1H. The van der Waals surface area contributed by atoms with Crippen molar-refractivity contribution < 1.29 is 19.4 Å². The molecule has 0 radical (unpaired) electrons. The predicted octanol–water partition coefficient (Wildman–Crippen LogP) is 1.93. The van der Waals surface area contributed by atoms with Crippen LogP contribution in [0.5, 0.6) is 5.75 Å². The molecule has 27 heavy (non-hydrogen) atoms. The third-order valence-corrected chi connectivity index (χ3v) is 4.53. The molecule has 0 bridgehead atoms. The second kappa shape index (κ2) is 13.8. The maximum absolute atomic E-state index is 10.7. The van der Waals surface area contributed by atoms with E-state index in [1.165, 1.54) is 31.7 Å². The van der Waals surface area contributed by atoms with Crippen molar-refractivity contribution in [1.82, 2.24) is 10.6 Å². The number of ether oxygens (including phenoxy) is 2. The molecule has 1 aromatic carbocycles. The molecule has 1 aliphatic rings. The van der Waals surface area contributed by atoms with E-state index in [9.17, 15) is 9.90 Å². The molecule has 6 nitrogen and oxygen atoms in total. The van der Waals surface area contributed by atoms with E-state index in [2.05, 4.69) is 10.6 Å². The summed E-state index contributed by atoms with van der Waals surface area (Å²) in [5.74, 6) is 1.49. The molecule has 2 rings (SSSR count). The van der Waals surface area contributed by atoms with E-state index in [0.717, 1.165) is 31.3 Å². The van der Waals surface area contributed by atoms with Crippen LogP contribution in [-0.4, -0.2) is 56.6 Å². The lowest BCUT2D eigenvalue weighted by Crippen LogP contribution is -2.36. The number of halogens is 1. The average molecular weight is 401 g/mol. The maximum atomic E-state index is 10.7. The van der Waals surface area contributed by atoms with Crippen LogP contribution in [0.25, 0.3) is 0 Å². The molecule has 0 aromatic heterocycles. The van der Waals surface area contributed by atoms with Gasteiger partial charge in [0.05, 0.1) is 6.61 Å². The van der Waals surface area contributed by atoms with Gasteiger partial charge in [0.15, 0.2) is 0 Å². The van der Waals surface area contributed by atoms with Gasteiger partial charge in [-0.2, -0.15) is 0 Å². The van der Waals surface area contributed by atoms with Crippen LogP contribution in [0, 0.1) is 5.92 Å². The van der Waals surface area contributed by atoms with Gasteiger partial charge < -0.3 is 25.2 Å². The highest BCUT2D eigenvalue weighted by atomic mass is 35.5. The van der Waals surface area contributed by atoms with Crippen molar-refractivity contribution in [2.75, 3.05) is 39.5 Å². The second-order valence-corrected chi connectivity index (χ2v) is 6.92. The summed E-state index contributed by atoms with van der Waals surface area (Å²) in [6.07, 6.45) is 4.32. The summed E-state index contributed by atoms with van der Waals surface area (Å²) in [6, 6.07) is 7.94. The number of aliphatic hydroxyl groups excluding tert-OH is 1. The van der Waals surface area contributed by atoms with E-state index in [4.69, 9.17) is 9.47 Å². The highest BCUT2D eigenvalue weighted by Gasteiger charge is 2.16. The van der Waals surface area contributed by atoms with E-state index in [0.29, 0.717) is 19.6 Å². The lowest BCUT2D eigenvalue weighted by Gasteiger charge is -2.24. The minimum atomic E-state index is -0.591. The van der Waals surface area contributed by atoms with E-state index < -0.39 is 6.10 Å². The normalized spacial score (nSPS) is 14.7. The topological polar surface area (TPSA) is 79.8 Å². The molecule has 1 fully saturated rings. The predicted molar refractivity (Wildman–Crippen MR) is 109 cm³/mol. The fourth-order valence-corrected chi connectivity index (χ4v) is 2.70. The van der Waals surface area contributed by atoms with Crippen molar-refractivity contribution in [3.8, 4) is 5.75 Å². The monoisotopic (exact) mass is 400 g/mol. The average Bonchev–Trinajstić information content (AvgIpc) is 2.58. The Labute approximate surface area is 168 Å². The van der Waals surface area contributed by atoms with E-state index in [-0.39, 0.29) is 24.9 Å². The molecule has 1 aliphatic carbocycles. The Bertz CT molecular complexity index is 523. The van der Waals surface area contributed by atoms with Crippen molar-refractivity contribution in [1.29, 1.82) is 0 Å². The summed E-state index contributed by atoms with van der Waals surface area (Å²) >= 11 is 0. The van der Waals surface area contributed by atoms with E-state index in [1.807, 2.05) is 24.3 Å². The molecular formula is C20H33ClN2O4. The first kappa shape index (κ1) is 23.7. The number of rotatable bonds is 13. The third-order valence-electron chi connectivity index (χ3n) is 4.53. The van der Waals surface area contributed by atoms with Crippen molar-refractivity contribution in [2.24, 2.45) is 5.92 Å². The molecule has 1 saturated carbocycles. The molecule has 1 amide bonds. The van der Waals surface area contributed by atoms with Crippen molar-refractivity contribution in [2.45, 2.75) is 38.7 Å². The first-order chi connectivity index (χ1) is 12.6. The molecule has 154 valence electrons. The minimum absolute atomic E-state index is 0. The van der Waals surface area contributed by atoms with Crippen LogP contribution in [-0.2, 0) is 16.0 Å². The zero-order valence-electron chi connectivity index (χ0n) is 16.1. The van der Waals surface area contributed by atoms with Gasteiger partial charge >= 0.3 is 0 Å². The third kappa shape index (κ3) is 10.5. The van der Waals surface area contributed by atoms with Gasteiger partial charge in [-0.25, -0.2) is 0 Å². The van der Waals surface area contributed by atoms with Gasteiger partial charge in [-0.15, -0.1) is 12.4 Å². The molecule has 0 saturated heterocycles. The molecule has 0 spiro atoms. The number of amides is 1. The van der Waals surface area contributed by atoms with Crippen LogP contribution in [0.1, 0.15) is 31.7 Å². The number of hydrogen-bond donors (Lipinski definition) is 3. The van der Waals surface area contributed by atoms with Crippen LogP contribution in [0.4, 0.5) is 0 Å². The van der Waals surface area contributed by atoms with Crippen LogP contribution in [0.2, 0.25) is 0 Å². The van der Waals surface area contributed by atoms with Gasteiger partial charge in [-0.3, -0.25) is 4.79 Å². The Hall–Kier alpha value is -1.34. The summed E-state index contributed by atoms with van der Waals surface area (Å²) in [4.78, 5) is 10.7. The Morgan fingerprint density at radius 3 is 2.63 bits per heavy atom. The van der Waals surface area contributed by atoms with Gasteiger partial charge in [-0.1, -0.05) is 18.6 Å². The highest BCUT2D eigenvalue weighted by Crippen LogP contribution is 2.26. The van der Waals surface area contributed by atoms with Gasteiger partial charge in [0.1, 0.15) is 18.5 Å². The Balaban J connectivity index is 0.00000364. The van der Waals surface area contributed by atoms with Gasteiger partial charge in [0, 0.05) is 33.2 Å². The van der Waals surface area contributed by atoms with Gasteiger partial charge in [0.25, 0.3) is 0 Å². The number of benzene rings is 1. The number of aliphatic hydroxyl groups is 1. The number of nitrogens with one attached hydrogen (secondary N) is 2. The molecule has 3 N–H and O–H groups in total. The quantitative estimate of drug-likeness (QED) is 0.441. The summed E-state index contributed by atoms with van der Waals surface area (Å²) in [7, 11) is 0. The molecule has 1 unspecified atom stereocenters. The van der Waals surface area contributed by atoms with Crippen LogP contribution in [0.15, 0.2) is 24.3 Å². The van der Waals surface area contributed by atoms with Gasteiger partial charge in [0.2, 0.25) is 5.91 Å². The smallest absolute Gasteiger partial charge is 0.216 e. The molecule has 1 aromatic rings. The van der Waals surface area contributed by atoms with E-state index >= 15 is 0 Å². The maximum Gasteiger partial charge on any atom is 0.216 e. The van der Waals surface area contributed by atoms with Gasteiger partial charge in [-0.05, 0) is 42.9 Å². The summed E-state index contributed by atoms with van der Waals surface area (Å²) in [6.45, 7) is 4.98. The summed E-state index contributed by atoms with van der Waals surface area (Å²) < 4.78 is 11.3. The fourth-order valence-electron chi connectivity index (χ4n) is 2.70. The number of carbonyl (C=O) groups excluding carboxylic acids is 1. The molecular weight excluding hydrogens is 368 g/mol. The minimum Gasteiger partial charge on any atom is -0.491 e. The second-order valence-electron chi connectivity index (χ2n) is 6.92. The SMILES string of the molecule is CC(=O)NCCNCC(O)COc1ccc(CCOCC2CCC2)cc1.Cl. The fraction of sp³-hybridized carbons (Fsp3) is 0.650. The lowest BCUT2D eigenvalue weighted by molar-refractivity contribution is -0.118. The largest absolute Gasteiger partial charge is 0.491 e. The number of hydrogen-bond acceptors (Lipinski definition) is 5. The summed E-state index contributed by atoms with van der Waals surface area (Å²) in [5.41, 5.74) is 1.23. The summed E-state index contributed by atoms with van der Waals surface area (Å²) in [5, 5.41) is 15.7. The van der Waals surface area contributed by atoms with Crippen molar-refractivity contribution >= 4 is 18.3 Å². The van der Waals surface area contributed by atoms with Crippen LogP contribution < -0.4 is 15.4 Å². The van der Waals surface area contributed by atoms with E-state index in [1.54, 1.807) is 0 Å². The van der Waals surface area contributed by atoms with Crippen LogP contribution >= 0.6 is 12.4 Å². The Morgan fingerprint density at radius 1 is 1.26 bits per heavy atom. The zero-order valence-corrected chi connectivity index (χ0v) is 16.9. The molecule has 7 heteroatoms. The Kier molecular flexibility index (Phi) is 12.1. The molecule has 0 heterocycles. The lowest BCUT2D eigenvalue weighted by atomic mass is 9.86.